The summed E-state index contributed by atoms with van der Waals surface area (Å²) in [6.07, 6.45) is 1.26. The maximum absolute atomic E-state index is 8.67. The number of hydrogen-bond donors (Lipinski definition) is 2. The van der Waals surface area contributed by atoms with Crippen LogP contribution in [0.25, 0.3) is 0 Å². The maximum Gasteiger partial charge on any atom is 0.213 e. The van der Waals surface area contributed by atoms with Crippen LogP contribution in [0, 0.1) is 11.3 Å². The first-order valence-electron chi connectivity index (χ1n) is 4.58. The molecule has 0 saturated heterocycles. The standard InChI is InChI=1S/C10H9N5O/c11-4-7-1-2-9(8(12)3-7)13-5-10-14-6-16-15-10/h1-3,6,13H,5,12H2. The summed E-state index contributed by atoms with van der Waals surface area (Å²) >= 11 is 0. The molecule has 0 radical (unpaired) electrons. The van der Waals surface area contributed by atoms with Crippen molar-refractivity contribution in [2.45, 2.75) is 6.54 Å². The molecule has 0 amide bonds. The number of nitrogens with two attached hydrogens (primary N) is 1. The molecular weight excluding hydrogens is 206 g/mol. The van der Waals surface area contributed by atoms with E-state index < -0.39 is 0 Å². The molecule has 16 heavy (non-hydrogen) atoms. The Morgan fingerprint density at radius 1 is 1.50 bits per heavy atom. The Balaban J connectivity index is 2.08. The Morgan fingerprint density at radius 2 is 2.38 bits per heavy atom. The minimum atomic E-state index is 0.423. The molecule has 0 aliphatic carbocycles. The lowest BCUT2D eigenvalue weighted by Crippen LogP contribution is -2.03. The summed E-state index contributed by atoms with van der Waals surface area (Å²) in [6.45, 7) is 0.423. The minimum absolute atomic E-state index is 0.423. The van der Waals surface area contributed by atoms with Gasteiger partial charge in [-0.05, 0) is 18.2 Å². The number of hydrogen-bond acceptors (Lipinski definition) is 6. The fourth-order valence-electron chi connectivity index (χ4n) is 1.24. The molecule has 0 aliphatic heterocycles. The van der Waals surface area contributed by atoms with Crippen LogP contribution in [0.3, 0.4) is 0 Å². The molecule has 0 unspecified atom stereocenters. The van der Waals surface area contributed by atoms with Crippen LogP contribution >= 0.6 is 0 Å². The highest BCUT2D eigenvalue weighted by Gasteiger charge is 2.02. The maximum atomic E-state index is 8.67. The molecule has 80 valence electrons. The van der Waals surface area contributed by atoms with Gasteiger partial charge in [0.1, 0.15) is 0 Å². The Bertz CT molecular complexity index is 515. The fourth-order valence-corrected chi connectivity index (χ4v) is 1.24. The van der Waals surface area contributed by atoms with E-state index in [2.05, 4.69) is 20.0 Å². The number of rotatable bonds is 3. The van der Waals surface area contributed by atoms with E-state index in [1.54, 1.807) is 18.2 Å². The van der Waals surface area contributed by atoms with Crippen molar-refractivity contribution < 1.29 is 4.52 Å². The molecule has 0 atom stereocenters. The van der Waals surface area contributed by atoms with E-state index in [1.807, 2.05) is 6.07 Å². The smallest absolute Gasteiger partial charge is 0.213 e. The molecule has 0 aliphatic rings. The van der Waals surface area contributed by atoms with Crippen molar-refractivity contribution in [2.75, 3.05) is 11.1 Å². The first-order chi connectivity index (χ1) is 7.79. The van der Waals surface area contributed by atoms with Crippen molar-refractivity contribution in [3.8, 4) is 6.07 Å². The second-order valence-electron chi connectivity index (χ2n) is 3.11. The van der Waals surface area contributed by atoms with Gasteiger partial charge in [-0.2, -0.15) is 10.2 Å². The van der Waals surface area contributed by atoms with Crippen LogP contribution in [0.1, 0.15) is 11.4 Å². The van der Waals surface area contributed by atoms with Crippen LogP contribution in [-0.2, 0) is 6.54 Å². The van der Waals surface area contributed by atoms with E-state index >= 15 is 0 Å². The van der Waals surface area contributed by atoms with Crippen molar-refractivity contribution in [3.63, 3.8) is 0 Å². The lowest BCUT2D eigenvalue weighted by atomic mass is 10.2. The quantitative estimate of drug-likeness (QED) is 0.744. The monoisotopic (exact) mass is 215 g/mol. The normalized spacial score (nSPS) is 9.69. The molecule has 2 aromatic rings. The highest BCUT2D eigenvalue weighted by atomic mass is 16.5. The second kappa shape index (κ2) is 4.31. The molecular formula is C10H9N5O. The average molecular weight is 215 g/mol. The number of benzene rings is 1. The molecule has 1 heterocycles. The van der Waals surface area contributed by atoms with Crippen LogP contribution in [0.15, 0.2) is 29.1 Å². The Labute approximate surface area is 91.7 Å². The van der Waals surface area contributed by atoms with Gasteiger partial charge in [0.05, 0.1) is 29.6 Å². The van der Waals surface area contributed by atoms with Gasteiger partial charge in [-0.15, -0.1) is 0 Å². The minimum Gasteiger partial charge on any atom is -0.397 e. The summed E-state index contributed by atoms with van der Waals surface area (Å²) in [7, 11) is 0. The third kappa shape index (κ3) is 2.09. The third-order valence-electron chi connectivity index (χ3n) is 2.02. The SMILES string of the molecule is N#Cc1ccc(NCc2ncon2)c(N)c1. The van der Waals surface area contributed by atoms with E-state index in [9.17, 15) is 0 Å². The number of aromatic nitrogens is 2. The summed E-state index contributed by atoms with van der Waals surface area (Å²) in [6, 6.07) is 7.06. The summed E-state index contributed by atoms with van der Waals surface area (Å²) in [5.41, 5.74) is 7.54. The summed E-state index contributed by atoms with van der Waals surface area (Å²) < 4.78 is 4.59. The van der Waals surface area contributed by atoms with Crippen LogP contribution in [0.2, 0.25) is 0 Å². The molecule has 0 saturated carbocycles. The Hall–Kier alpha value is -2.55. The Kier molecular flexibility index (Phi) is 2.69. The lowest BCUT2D eigenvalue weighted by Gasteiger charge is -2.06. The van der Waals surface area contributed by atoms with Gasteiger partial charge < -0.3 is 15.6 Å². The zero-order valence-corrected chi connectivity index (χ0v) is 8.34. The van der Waals surface area contributed by atoms with Crippen molar-refractivity contribution in [1.29, 1.82) is 5.26 Å². The summed E-state index contributed by atoms with van der Waals surface area (Å²) in [5, 5.41) is 15.4. The van der Waals surface area contributed by atoms with E-state index in [4.69, 9.17) is 11.0 Å². The largest absolute Gasteiger partial charge is 0.397 e. The Morgan fingerprint density at radius 3 is 3.00 bits per heavy atom. The molecule has 3 N–H and O–H groups in total. The number of nitrogens with zero attached hydrogens (tertiary/aromatic N) is 3. The predicted molar refractivity (Wildman–Crippen MR) is 57.2 cm³/mol. The highest BCUT2D eigenvalue weighted by Crippen LogP contribution is 2.19. The zero-order chi connectivity index (χ0) is 11.4. The molecule has 0 fully saturated rings. The van der Waals surface area contributed by atoms with E-state index in [-0.39, 0.29) is 0 Å². The van der Waals surface area contributed by atoms with Crippen LogP contribution in [-0.4, -0.2) is 10.1 Å². The zero-order valence-electron chi connectivity index (χ0n) is 8.34. The van der Waals surface area contributed by atoms with Gasteiger partial charge in [0, 0.05) is 0 Å². The van der Waals surface area contributed by atoms with Gasteiger partial charge in [0.2, 0.25) is 6.39 Å². The van der Waals surface area contributed by atoms with Crippen LogP contribution < -0.4 is 11.1 Å². The molecule has 6 heteroatoms. The molecule has 0 spiro atoms. The highest BCUT2D eigenvalue weighted by molar-refractivity contribution is 5.68. The number of nitriles is 1. The summed E-state index contributed by atoms with van der Waals surface area (Å²) in [4.78, 5) is 3.86. The van der Waals surface area contributed by atoms with Crippen molar-refractivity contribution in [2.24, 2.45) is 0 Å². The van der Waals surface area contributed by atoms with Gasteiger partial charge in [0.25, 0.3) is 0 Å². The van der Waals surface area contributed by atoms with Crippen LogP contribution in [0.4, 0.5) is 11.4 Å². The second-order valence-corrected chi connectivity index (χ2v) is 3.11. The number of nitrogen functional groups attached to an aromatic ring is 1. The molecule has 6 nitrogen and oxygen atoms in total. The van der Waals surface area contributed by atoms with Crippen LogP contribution in [0.5, 0.6) is 0 Å². The van der Waals surface area contributed by atoms with Gasteiger partial charge in [0.15, 0.2) is 5.82 Å². The van der Waals surface area contributed by atoms with Crippen molar-refractivity contribution >= 4 is 11.4 Å². The number of nitrogens with one attached hydrogen (secondary N) is 1. The third-order valence-corrected chi connectivity index (χ3v) is 2.02. The van der Waals surface area contributed by atoms with E-state index in [0.29, 0.717) is 23.6 Å². The van der Waals surface area contributed by atoms with Crippen molar-refractivity contribution in [1.82, 2.24) is 10.1 Å². The van der Waals surface area contributed by atoms with E-state index in [1.165, 1.54) is 6.39 Å². The van der Waals surface area contributed by atoms with E-state index in [0.717, 1.165) is 5.69 Å². The lowest BCUT2D eigenvalue weighted by molar-refractivity contribution is 0.411. The topological polar surface area (TPSA) is 101 Å². The predicted octanol–water partition coefficient (Wildman–Crippen LogP) is 1.14. The summed E-state index contributed by atoms with van der Waals surface area (Å²) in [5.74, 6) is 0.545. The molecule has 1 aromatic heterocycles. The molecule has 1 aromatic carbocycles. The average Bonchev–Trinajstić information content (AvgIpc) is 2.80. The van der Waals surface area contributed by atoms with Gasteiger partial charge in [-0.25, -0.2) is 0 Å². The first-order valence-corrected chi connectivity index (χ1v) is 4.58. The van der Waals surface area contributed by atoms with Crippen molar-refractivity contribution in [3.05, 3.63) is 36.0 Å². The first kappa shape index (κ1) is 9.98. The fraction of sp³-hybridized carbons (Fsp3) is 0.100. The molecule has 2 rings (SSSR count). The molecule has 0 bridgehead atoms. The van der Waals surface area contributed by atoms with Gasteiger partial charge in [-0.3, -0.25) is 0 Å². The van der Waals surface area contributed by atoms with Gasteiger partial charge >= 0.3 is 0 Å². The number of anilines is 2. The van der Waals surface area contributed by atoms with Gasteiger partial charge in [-0.1, -0.05) is 5.16 Å².